The van der Waals surface area contributed by atoms with Crippen LogP contribution in [0.5, 0.6) is 0 Å². The number of hydrogen-bond acceptors (Lipinski definition) is 4. The lowest BCUT2D eigenvalue weighted by molar-refractivity contribution is 0.601. The van der Waals surface area contributed by atoms with E-state index in [4.69, 9.17) is 17.5 Å². The Labute approximate surface area is 194 Å². The quantitative estimate of drug-likeness (QED) is 0.519. The second kappa shape index (κ2) is 9.51. The van der Waals surface area contributed by atoms with E-state index in [1.807, 2.05) is 36.4 Å². The number of anilines is 2. The molecule has 0 bridgehead atoms. The van der Waals surface area contributed by atoms with Crippen LogP contribution in [0.4, 0.5) is 11.4 Å². The van der Waals surface area contributed by atoms with Gasteiger partial charge in [0.2, 0.25) is 0 Å². The molecule has 1 heterocycles. The summed E-state index contributed by atoms with van der Waals surface area (Å²) in [6.07, 6.45) is 3.39. The second-order valence-corrected chi connectivity index (χ2v) is 9.87. The van der Waals surface area contributed by atoms with Gasteiger partial charge in [-0.3, -0.25) is 4.72 Å². The fraction of sp³-hybridized carbons (Fsp3) is 0.200. The van der Waals surface area contributed by atoms with Gasteiger partial charge >= 0.3 is 0 Å². The Balaban J connectivity index is 1.46. The smallest absolute Gasteiger partial charge is 0.261 e. The molecule has 0 radical (unpaired) electrons. The fourth-order valence-electron chi connectivity index (χ4n) is 3.87. The van der Waals surface area contributed by atoms with E-state index in [2.05, 4.69) is 15.7 Å². The maximum Gasteiger partial charge on any atom is 0.261 e. The highest BCUT2D eigenvalue weighted by Gasteiger charge is 2.21. The molecule has 0 saturated heterocycles. The van der Waals surface area contributed by atoms with Crippen molar-refractivity contribution >= 4 is 38.6 Å². The molecule has 32 heavy (non-hydrogen) atoms. The minimum Gasteiger partial charge on any atom is -0.336 e. The lowest BCUT2D eigenvalue weighted by Crippen LogP contribution is -2.34. The first-order chi connectivity index (χ1) is 15.5. The summed E-state index contributed by atoms with van der Waals surface area (Å²) in [6.45, 7) is 0.855. The monoisotopic (exact) mass is 461 g/mol. The lowest BCUT2D eigenvalue weighted by Gasteiger charge is -2.32. The highest BCUT2D eigenvalue weighted by atomic mass is 32.2. The van der Waals surface area contributed by atoms with E-state index in [0.717, 1.165) is 54.0 Å². The molecule has 0 saturated carbocycles. The van der Waals surface area contributed by atoms with Gasteiger partial charge < -0.3 is 4.90 Å². The maximum absolute atomic E-state index is 12.6. The highest BCUT2D eigenvalue weighted by Crippen LogP contribution is 2.31. The zero-order chi connectivity index (χ0) is 22.6. The van der Waals surface area contributed by atoms with Gasteiger partial charge in [-0.05, 0) is 72.9 Å². The van der Waals surface area contributed by atoms with E-state index < -0.39 is 10.0 Å². The Kier molecular flexibility index (Phi) is 6.54. The van der Waals surface area contributed by atoms with Gasteiger partial charge in [-0.1, -0.05) is 42.5 Å². The minimum atomic E-state index is -3.62. The van der Waals surface area contributed by atoms with Crippen molar-refractivity contribution in [3.63, 3.8) is 0 Å². The normalized spacial score (nSPS) is 13.2. The molecule has 5 nitrogen and oxygen atoms in total. The lowest BCUT2D eigenvalue weighted by atomic mass is 10.00. The Hall–Kier alpha value is -3.21. The molecule has 0 atom stereocenters. The summed E-state index contributed by atoms with van der Waals surface area (Å²) in [4.78, 5) is 3.27. The van der Waals surface area contributed by atoms with Gasteiger partial charge in [0.15, 0.2) is 0 Å². The molecule has 0 fully saturated rings. The van der Waals surface area contributed by atoms with Crippen LogP contribution in [0.3, 0.4) is 0 Å². The van der Waals surface area contributed by atoms with Crippen molar-refractivity contribution in [3.8, 4) is 6.07 Å². The zero-order valence-corrected chi connectivity index (χ0v) is 19.1. The van der Waals surface area contributed by atoms with Crippen molar-refractivity contribution in [2.75, 3.05) is 16.2 Å². The summed E-state index contributed by atoms with van der Waals surface area (Å²) in [5, 5.41) is 8.93. The maximum atomic E-state index is 12.6. The van der Waals surface area contributed by atoms with Gasteiger partial charge in [0.05, 0.1) is 21.5 Å². The average Bonchev–Trinajstić information content (AvgIpc) is 2.82. The topological polar surface area (TPSA) is 73.2 Å². The molecule has 162 valence electrons. The zero-order valence-electron chi connectivity index (χ0n) is 17.5. The number of benzene rings is 3. The van der Waals surface area contributed by atoms with E-state index in [1.165, 1.54) is 0 Å². The Morgan fingerprint density at radius 3 is 2.53 bits per heavy atom. The third-order valence-electron chi connectivity index (χ3n) is 5.52. The number of fused-ring (bicyclic) bond motifs is 1. The summed E-state index contributed by atoms with van der Waals surface area (Å²) < 4.78 is 28.0. The molecule has 1 aliphatic rings. The van der Waals surface area contributed by atoms with Gasteiger partial charge in [0.1, 0.15) is 0 Å². The third kappa shape index (κ3) is 4.98. The van der Waals surface area contributed by atoms with Gasteiger partial charge in [-0.2, -0.15) is 5.26 Å². The first-order valence-corrected chi connectivity index (χ1v) is 12.4. The Morgan fingerprint density at radius 2 is 1.81 bits per heavy atom. The molecular formula is C25H23N3O2S2. The summed E-state index contributed by atoms with van der Waals surface area (Å²) >= 11 is 5.74. The van der Waals surface area contributed by atoms with Crippen LogP contribution in [0, 0.1) is 11.3 Å². The van der Waals surface area contributed by atoms with Crippen molar-refractivity contribution < 1.29 is 8.42 Å². The van der Waals surface area contributed by atoms with Crippen LogP contribution < -0.4 is 9.62 Å². The van der Waals surface area contributed by atoms with E-state index in [1.54, 1.807) is 36.4 Å². The second-order valence-electron chi connectivity index (χ2n) is 7.72. The number of rotatable bonds is 6. The minimum absolute atomic E-state index is 0.239. The number of nitrogens with one attached hydrogen (secondary N) is 1. The molecule has 1 N–H and O–H groups in total. The number of nitriles is 1. The molecule has 0 spiro atoms. The van der Waals surface area contributed by atoms with E-state index in [9.17, 15) is 8.42 Å². The van der Waals surface area contributed by atoms with Crippen LogP contribution in [-0.2, 0) is 22.9 Å². The fourth-order valence-corrected chi connectivity index (χ4v) is 5.23. The number of hydrogen-bond donors (Lipinski definition) is 1. The number of sulfonamides is 1. The van der Waals surface area contributed by atoms with Crippen molar-refractivity contribution in [2.24, 2.45) is 0 Å². The Morgan fingerprint density at radius 1 is 1.06 bits per heavy atom. The van der Waals surface area contributed by atoms with Crippen molar-refractivity contribution in [1.29, 1.82) is 5.26 Å². The first kappa shape index (κ1) is 22.0. The summed E-state index contributed by atoms with van der Waals surface area (Å²) in [6, 6.07) is 23.7. The molecule has 0 aromatic heterocycles. The largest absolute Gasteiger partial charge is 0.336 e. The van der Waals surface area contributed by atoms with Crippen LogP contribution in [0.15, 0.2) is 77.7 Å². The molecule has 1 aliphatic heterocycles. The highest BCUT2D eigenvalue weighted by molar-refractivity contribution is 7.92. The van der Waals surface area contributed by atoms with E-state index in [-0.39, 0.29) is 4.90 Å². The number of aryl methyl sites for hydroxylation is 2. The van der Waals surface area contributed by atoms with Gasteiger partial charge in [-0.25, -0.2) is 8.42 Å². The first-order valence-electron chi connectivity index (χ1n) is 10.5. The molecule has 0 aliphatic carbocycles. The summed E-state index contributed by atoms with van der Waals surface area (Å²) in [7, 11) is -3.62. The molecule has 4 rings (SSSR count). The van der Waals surface area contributed by atoms with Crippen LogP contribution in [0.1, 0.15) is 29.5 Å². The predicted molar refractivity (Wildman–Crippen MR) is 131 cm³/mol. The number of thiocarbonyl (C=S) groups is 1. The average molecular weight is 462 g/mol. The summed E-state index contributed by atoms with van der Waals surface area (Å²) in [5.41, 5.74) is 4.49. The van der Waals surface area contributed by atoms with Crippen LogP contribution >= 0.6 is 12.2 Å². The molecule has 7 heteroatoms. The molecule has 3 aromatic carbocycles. The van der Waals surface area contributed by atoms with Crippen molar-refractivity contribution in [3.05, 3.63) is 89.5 Å². The van der Waals surface area contributed by atoms with Gasteiger partial charge in [-0.15, -0.1) is 0 Å². The molecule has 0 amide bonds. The van der Waals surface area contributed by atoms with Gasteiger partial charge in [0, 0.05) is 24.3 Å². The van der Waals surface area contributed by atoms with Crippen LogP contribution in [0.2, 0.25) is 0 Å². The summed E-state index contributed by atoms with van der Waals surface area (Å²) in [5.74, 6) is 0. The van der Waals surface area contributed by atoms with Crippen molar-refractivity contribution in [2.45, 2.75) is 30.6 Å². The molecule has 0 unspecified atom stereocenters. The third-order valence-corrected chi connectivity index (χ3v) is 7.34. The van der Waals surface area contributed by atoms with Gasteiger partial charge in [0.25, 0.3) is 10.0 Å². The SMILES string of the molecule is N#Cc1ccc(CCC(=S)N2CCCc3cc(NS(=O)(=O)c4ccccc4)ccc32)cc1. The predicted octanol–water partition coefficient (Wildman–Crippen LogP) is 5.07. The molecular weight excluding hydrogens is 438 g/mol. The standard InChI is InChI=1S/C25H23N3O2S2/c26-18-20-10-8-19(9-11-20)12-15-25(31)28-16-4-5-21-17-22(13-14-24(21)28)27-32(29,30)23-6-2-1-3-7-23/h1-3,6-11,13-14,17,27H,4-5,12,15-16H2. The van der Waals surface area contributed by atoms with Crippen molar-refractivity contribution in [1.82, 2.24) is 0 Å². The van der Waals surface area contributed by atoms with E-state index >= 15 is 0 Å². The Bertz CT molecular complexity index is 1260. The number of nitrogens with zero attached hydrogens (tertiary/aromatic N) is 2. The van der Waals surface area contributed by atoms with Crippen LogP contribution in [0.25, 0.3) is 0 Å². The van der Waals surface area contributed by atoms with Crippen LogP contribution in [-0.4, -0.2) is 20.0 Å². The molecule has 3 aromatic rings. The van der Waals surface area contributed by atoms with E-state index in [0.29, 0.717) is 11.3 Å².